The smallest absolute Gasteiger partial charge is 0.0753 e. The van der Waals surface area contributed by atoms with Gasteiger partial charge in [0.2, 0.25) is 0 Å². The molecule has 4 atom stereocenters. The van der Waals surface area contributed by atoms with Crippen molar-refractivity contribution < 1.29 is 5.11 Å². The van der Waals surface area contributed by atoms with Gasteiger partial charge in [-0.15, -0.1) is 0 Å². The van der Waals surface area contributed by atoms with Gasteiger partial charge in [0, 0.05) is 0 Å². The Labute approximate surface area is 131 Å². The fourth-order valence-corrected chi connectivity index (χ4v) is 5.59. The Morgan fingerprint density at radius 1 is 1.19 bits per heavy atom. The van der Waals surface area contributed by atoms with Crippen LogP contribution < -0.4 is 0 Å². The first-order valence-electron chi connectivity index (χ1n) is 9.27. The van der Waals surface area contributed by atoms with E-state index in [9.17, 15) is 5.11 Å². The Balaban J connectivity index is 1.91. The van der Waals surface area contributed by atoms with Crippen molar-refractivity contribution >= 4 is 0 Å². The minimum absolute atomic E-state index is 0.112. The fraction of sp³-hybridized carbons (Fsp3) is 0.900. The predicted molar refractivity (Wildman–Crippen MR) is 89.1 cm³/mol. The molecule has 3 aliphatic carbocycles. The summed E-state index contributed by atoms with van der Waals surface area (Å²) < 4.78 is 0. The van der Waals surface area contributed by atoms with Gasteiger partial charge in [0.05, 0.1) is 6.10 Å². The summed E-state index contributed by atoms with van der Waals surface area (Å²) in [6.45, 7) is 9.67. The van der Waals surface area contributed by atoms with E-state index in [1.54, 1.807) is 5.57 Å². The van der Waals surface area contributed by atoms with E-state index in [4.69, 9.17) is 0 Å². The number of rotatable bonds is 2. The van der Waals surface area contributed by atoms with Crippen molar-refractivity contribution in [3.05, 3.63) is 11.1 Å². The summed E-state index contributed by atoms with van der Waals surface area (Å²) in [6, 6.07) is 0. The molecular formula is C20H34O. The van der Waals surface area contributed by atoms with E-state index < -0.39 is 0 Å². The Hall–Kier alpha value is -0.300. The summed E-state index contributed by atoms with van der Waals surface area (Å²) in [4.78, 5) is 0. The average molecular weight is 290 g/mol. The van der Waals surface area contributed by atoms with Crippen LogP contribution in [0.1, 0.15) is 79.1 Å². The van der Waals surface area contributed by atoms with Crippen LogP contribution in [-0.2, 0) is 0 Å². The third kappa shape index (κ3) is 3.09. The first-order chi connectivity index (χ1) is 9.87. The van der Waals surface area contributed by atoms with Gasteiger partial charge in [-0.2, -0.15) is 0 Å². The Bertz CT molecular complexity index is 418. The maximum Gasteiger partial charge on any atom is 0.0753 e. The molecule has 3 aliphatic rings. The highest BCUT2D eigenvalue weighted by molar-refractivity contribution is 5.29. The Morgan fingerprint density at radius 3 is 2.67 bits per heavy atom. The second kappa shape index (κ2) is 5.72. The number of hydrogen-bond acceptors (Lipinski definition) is 1. The molecule has 0 heterocycles. The molecule has 0 aromatic rings. The van der Waals surface area contributed by atoms with Gasteiger partial charge >= 0.3 is 0 Å². The second-order valence-corrected chi connectivity index (χ2v) is 9.23. The number of fused-ring (bicyclic) bond motifs is 2. The summed E-state index contributed by atoms with van der Waals surface area (Å²) in [5.74, 6) is 3.30. The van der Waals surface area contributed by atoms with E-state index in [0.717, 1.165) is 30.1 Å². The average Bonchev–Trinajstić information content (AvgIpc) is 2.38. The highest BCUT2D eigenvalue weighted by Crippen LogP contribution is 2.55. The molecule has 0 bridgehead atoms. The van der Waals surface area contributed by atoms with Crippen LogP contribution in [0.3, 0.4) is 0 Å². The second-order valence-electron chi connectivity index (χ2n) is 9.23. The topological polar surface area (TPSA) is 20.2 Å². The molecule has 3 rings (SSSR count). The van der Waals surface area contributed by atoms with Gasteiger partial charge in [0.25, 0.3) is 0 Å². The third-order valence-electron chi connectivity index (χ3n) is 6.48. The molecule has 4 unspecified atom stereocenters. The Morgan fingerprint density at radius 2 is 1.95 bits per heavy atom. The quantitative estimate of drug-likeness (QED) is 0.681. The van der Waals surface area contributed by atoms with E-state index in [2.05, 4.69) is 27.7 Å². The monoisotopic (exact) mass is 290 g/mol. The summed E-state index contributed by atoms with van der Waals surface area (Å²) in [5, 5.41) is 10.5. The molecule has 1 heteroatoms. The zero-order valence-corrected chi connectivity index (χ0v) is 14.5. The molecule has 0 aromatic carbocycles. The van der Waals surface area contributed by atoms with Crippen LogP contribution in [0.4, 0.5) is 0 Å². The zero-order valence-electron chi connectivity index (χ0n) is 14.5. The van der Waals surface area contributed by atoms with Crippen molar-refractivity contribution in [3.63, 3.8) is 0 Å². The lowest BCUT2D eigenvalue weighted by atomic mass is 9.55. The van der Waals surface area contributed by atoms with Crippen LogP contribution in [0.5, 0.6) is 0 Å². The molecule has 0 aromatic heterocycles. The van der Waals surface area contributed by atoms with Gasteiger partial charge in [0.15, 0.2) is 0 Å². The molecule has 1 fully saturated rings. The van der Waals surface area contributed by atoms with E-state index >= 15 is 0 Å². The highest BCUT2D eigenvalue weighted by Gasteiger charge is 2.45. The molecular weight excluding hydrogens is 256 g/mol. The zero-order chi connectivity index (χ0) is 15.2. The molecule has 120 valence electrons. The standard InChI is InChI=1S/C20H34O/c1-13(2)10-14-11-17-15(6-5-7-19(17)21)16-8-9-20(3,4)12-18(14)16/h13-14,16,18-19,21H,5-12H2,1-4H3. The SMILES string of the molecule is CC(C)CC1CC2=C(CCCC2O)C2CCC(C)(C)CC12. The first kappa shape index (κ1) is 15.6. The van der Waals surface area contributed by atoms with E-state index in [0.29, 0.717) is 5.41 Å². The minimum Gasteiger partial charge on any atom is -0.389 e. The van der Waals surface area contributed by atoms with Crippen molar-refractivity contribution in [2.75, 3.05) is 0 Å². The van der Waals surface area contributed by atoms with Crippen molar-refractivity contribution in [2.45, 2.75) is 85.2 Å². The molecule has 1 saturated carbocycles. The van der Waals surface area contributed by atoms with E-state index in [1.165, 1.54) is 50.5 Å². The number of aliphatic hydroxyl groups is 1. The van der Waals surface area contributed by atoms with Gasteiger partial charge in [-0.25, -0.2) is 0 Å². The molecule has 0 aliphatic heterocycles. The van der Waals surface area contributed by atoms with Gasteiger partial charge in [-0.3, -0.25) is 0 Å². The molecule has 0 amide bonds. The van der Waals surface area contributed by atoms with E-state index in [-0.39, 0.29) is 6.10 Å². The Kier molecular flexibility index (Phi) is 4.25. The molecule has 0 spiro atoms. The molecule has 0 radical (unpaired) electrons. The predicted octanol–water partition coefficient (Wildman–Crippen LogP) is 5.34. The molecule has 0 saturated heterocycles. The van der Waals surface area contributed by atoms with Gasteiger partial charge in [-0.1, -0.05) is 33.3 Å². The van der Waals surface area contributed by atoms with Crippen LogP contribution in [0.25, 0.3) is 0 Å². The summed E-state index contributed by atoms with van der Waals surface area (Å²) in [6.07, 6.45) is 10.1. The normalized spacial score (nSPS) is 39.1. The maximum absolute atomic E-state index is 10.5. The summed E-state index contributed by atoms with van der Waals surface area (Å²) in [5.41, 5.74) is 3.71. The number of hydrogen-bond donors (Lipinski definition) is 1. The first-order valence-corrected chi connectivity index (χ1v) is 9.27. The lowest BCUT2D eigenvalue weighted by Crippen LogP contribution is -2.41. The van der Waals surface area contributed by atoms with Crippen LogP contribution in [0.2, 0.25) is 0 Å². The van der Waals surface area contributed by atoms with Crippen molar-refractivity contribution in [1.82, 2.24) is 0 Å². The largest absolute Gasteiger partial charge is 0.389 e. The molecule has 21 heavy (non-hydrogen) atoms. The van der Waals surface area contributed by atoms with Crippen molar-refractivity contribution in [3.8, 4) is 0 Å². The van der Waals surface area contributed by atoms with Gasteiger partial charge in [0.1, 0.15) is 0 Å². The summed E-state index contributed by atoms with van der Waals surface area (Å²) >= 11 is 0. The number of aliphatic hydroxyl groups excluding tert-OH is 1. The van der Waals surface area contributed by atoms with Gasteiger partial charge in [-0.05, 0) is 86.0 Å². The summed E-state index contributed by atoms with van der Waals surface area (Å²) in [7, 11) is 0. The van der Waals surface area contributed by atoms with Crippen LogP contribution in [0, 0.1) is 29.1 Å². The highest BCUT2D eigenvalue weighted by atomic mass is 16.3. The molecule has 1 N–H and O–H groups in total. The van der Waals surface area contributed by atoms with Crippen molar-refractivity contribution in [2.24, 2.45) is 29.1 Å². The third-order valence-corrected chi connectivity index (χ3v) is 6.48. The van der Waals surface area contributed by atoms with Crippen LogP contribution >= 0.6 is 0 Å². The van der Waals surface area contributed by atoms with E-state index in [1.807, 2.05) is 0 Å². The van der Waals surface area contributed by atoms with Crippen molar-refractivity contribution in [1.29, 1.82) is 0 Å². The lowest BCUT2D eigenvalue weighted by Gasteiger charge is -2.51. The molecule has 1 nitrogen and oxygen atoms in total. The van der Waals surface area contributed by atoms with Gasteiger partial charge < -0.3 is 5.11 Å². The van der Waals surface area contributed by atoms with Crippen LogP contribution in [0.15, 0.2) is 11.1 Å². The fourth-order valence-electron chi connectivity index (χ4n) is 5.59. The van der Waals surface area contributed by atoms with Crippen LogP contribution in [-0.4, -0.2) is 11.2 Å². The maximum atomic E-state index is 10.5. The minimum atomic E-state index is -0.112. The number of allylic oxidation sites excluding steroid dienone is 1. The lowest BCUT2D eigenvalue weighted by molar-refractivity contribution is 0.0554.